The minimum absolute atomic E-state index is 0.0368. The normalized spacial score (nSPS) is 15.9. The smallest absolute Gasteiger partial charge is 0.270 e. The zero-order valence-corrected chi connectivity index (χ0v) is 24.6. The van der Waals surface area contributed by atoms with Crippen LogP contribution in [-0.4, -0.2) is 65.7 Å². The predicted molar refractivity (Wildman–Crippen MR) is 164 cm³/mol. The lowest BCUT2D eigenvalue weighted by atomic mass is 10.0. The van der Waals surface area contributed by atoms with Gasteiger partial charge < -0.3 is 33.3 Å². The van der Waals surface area contributed by atoms with Crippen molar-refractivity contribution < 1.29 is 18.4 Å². The minimum atomic E-state index is -0.213. The van der Waals surface area contributed by atoms with E-state index in [0.717, 1.165) is 59.1 Å². The molecule has 7 rings (SSSR count). The van der Waals surface area contributed by atoms with Crippen molar-refractivity contribution in [2.75, 3.05) is 50.6 Å². The molecule has 1 saturated heterocycles. The van der Waals surface area contributed by atoms with Gasteiger partial charge in [-0.2, -0.15) is 4.98 Å². The van der Waals surface area contributed by atoms with E-state index in [-0.39, 0.29) is 23.0 Å². The molecule has 11 heteroatoms. The molecule has 5 heterocycles. The topological polar surface area (TPSA) is 119 Å². The summed E-state index contributed by atoms with van der Waals surface area (Å²) in [4.78, 5) is 38.9. The van der Waals surface area contributed by atoms with Gasteiger partial charge in [0.1, 0.15) is 17.6 Å². The molecule has 1 amide bonds. The van der Waals surface area contributed by atoms with Gasteiger partial charge in [0.15, 0.2) is 11.5 Å². The van der Waals surface area contributed by atoms with Gasteiger partial charge >= 0.3 is 0 Å². The summed E-state index contributed by atoms with van der Waals surface area (Å²) in [5.41, 5.74) is 5.22. The van der Waals surface area contributed by atoms with Crippen LogP contribution in [0.2, 0.25) is 0 Å². The maximum atomic E-state index is 13.0. The molecule has 1 aliphatic heterocycles. The van der Waals surface area contributed by atoms with Gasteiger partial charge in [-0.1, -0.05) is 18.9 Å². The zero-order chi connectivity index (χ0) is 29.7. The van der Waals surface area contributed by atoms with Gasteiger partial charge in [0.2, 0.25) is 17.0 Å². The third-order valence-electron chi connectivity index (χ3n) is 8.42. The third kappa shape index (κ3) is 4.93. The molecule has 0 radical (unpaired) electrons. The Labute approximate surface area is 248 Å². The van der Waals surface area contributed by atoms with E-state index in [0.29, 0.717) is 49.4 Å². The van der Waals surface area contributed by atoms with Gasteiger partial charge in [0, 0.05) is 50.5 Å². The molecule has 0 unspecified atom stereocenters. The summed E-state index contributed by atoms with van der Waals surface area (Å²) < 4.78 is 19.4. The van der Waals surface area contributed by atoms with Crippen LogP contribution in [0.1, 0.15) is 47.8 Å². The quantitative estimate of drug-likeness (QED) is 0.277. The molecule has 1 aliphatic carbocycles. The number of rotatable bonds is 6. The Morgan fingerprint density at radius 1 is 1.05 bits per heavy atom. The molecule has 0 atom stereocenters. The molecule has 1 N–H and O–H groups in total. The average molecular weight is 583 g/mol. The van der Waals surface area contributed by atoms with Crippen LogP contribution >= 0.6 is 0 Å². The molecular formula is C32H34N6O5. The maximum Gasteiger partial charge on any atom is 0.270 e. The summed E-state index contributed by atoms with van der Waals surface area (Å²) in [6, 6.07) is 9.54. The maximum absolute atomic E-state index is 13.0. The molecule has 43 heavy (non-hydrogen) atoms. The highest BCUT2D eigenvalue weighted by Crippen LogP contribution is 2.36. The molecule has 1 saturated carbocycles. The second kappa shape index (κ2) is 10.9. The number of carbonyl (C=O) groups is 1. The summed E-state index contributed by atoms with van der Waals surface area (Å²) >= 11 is 0. The van der Waals surface area contributed by atoms with Crippen LogP contribution in [-0.2, 0) is 4.74 Å². The summed E-state index contributed by atoms with van der Waals surface area (Å²) in [6.07, 6.45) is 7.70. The second-order valence-electron chi connectivity index (χ2n) is 11.5. The molecule has 2 aliphatic rings. The number of nitrogens with one attached hydrogen (secondary N) is 1. The highest BCUT2D eigenvalue weighted by molar-refractivity contribution is 5.98. The van der Waals surface area contributed by atoms with Gasteiger partial charge in [0.25, 0.3) is 5.91 Å². The summed E-state index contributed by atoms with van der Waals surface area (Å²) in [5, 5.41) is 4.19. The van der Waals surface area contributed by atoms with E-state index in [1.807, 2.05) is 36.1 Å². The van der Waals surface area contributed by atoms with Crippen molar-refractivity contribution in [3.63, 3.8) is 0 Å². The molecule has 1 aromatic carbocycles. The van der Waals surface area contributed by atoms with Crippen LogP contribution in [0.3, 0.4) is 0 Å². The lowest BCUT2D eigenvalue weighted by Gasteiger charge is -2.26. The summed E-state index contributed by atoms with van der Waals surface area (Å²) in [7, 11) is 3.54. The van der Waals surface area contributed by atoms with Crippen molar-refractivity contribution in [3.05, 3.63) is 64.3 Å². The number of furan rings is 1. The molecular weight excluding hydrogens is 548 g/mol. The first-order chi connectivity index (χ1) is 20.9. The molecule has 0 bridgehead atoms. The average Bonchev–Trinajstić information content (AvgIpc) is 3.76. The molecule has 222 valence electrons. The Morgan fingerprint density at radius 3 is 2.58 bits per heavy atom. The van der Waals surface area contributed by atoms with Gasteiger partial charge in [0.05, 0.1) is 24.8 Å². The van der Waals surface area contributed by atoms with Crippen molar-refractivity contribution in [1.82, 2.24) is 19.4 Å². The standard InChI is InChI=1S/C32H34N6O5/c1-19-14-21(8-9-23(19)24-18-42-29-26(39)16-27(43-28(24)29)37-10-12-41-13-11-37)34-32-33-17-20-15-25(31(40)36(2)3)38(30(20)35-32)22-6-4-5-7-22/h8-9,14-18,22H,4-7,10-13H2,1-3H3,(H,33,34,35). The van der Waals surface area contributed by atoms with E-state index in [1.165, 1.54) is 6.07 Å². The first kappa shape index (κ1) is 27.2. The van der Waals surface area contributed by atoms with E-state index in [4.69, 9.17) is 18.6 Å². The monoisotopic (exact) mass is 582 g/mol. The van der Waals surface area contributed by atoms with Gasteiger partial charge in [-0.05, 0) is 49.1 Å². The largest absolute Gasteiger partial charge is 0.456 e. The Hall–Kier alpha value is -4.64. The number of hydrogen-bond donors (Lipinski definition) is 1. The van der Waals surface area contributed by atoms with E-state index in [2.05, 4.69) is 14.9 Å². The van der Waals surface area contributed by atoms with E-state index < -0.39 is 0 Å². The Bertz CT molecular complexity index is 1890. The van der Waals surface area contributed by atoms with Crippen molar-refractivity contribution >= 4 is 45.6 Å². The molecule has 11 nitrogen and oxygen atoms in total. The number of fused-ring (bicyclic) bond motifs is 2. The number of morpholine rings is 1. The zero-order valence-electron chi connectivity index (χ0n) is 24.6. The number of amides is 1. The van der Waals surface area contributed by atoms with E-state index in [1.54, 1.807) is 31.5 Å². The van der Waals surface area contributed by atoms with Crippen molar-refractivity contribution in [2.24, 2.45) is 0 Å². The van der Waals surface area contributed by atoms with Crippen LogP contribution in [0.4, 0.5) is 17.5 Å². The number of hydrogen-bond acceptors (Lipinski definition) is 9. The molecule has 4 aromatic heterocycles. The minimum Gasteiger partial charge on any atom is -0.456 e. The van der Waals surface area contributed by atoms with Crippen molar-refractivity contribution in [1.29, 1.82) is 0 Å². The fourth-order valence-corrected chi connectivity index (χ4v) is 6.22. The second-order valence-corrected chi connectivity index (χ2v) is 11.5. The first-order valence-electron chi connectivity index (χ1n) is 14.7. The Balaban J connectivity index is 1.21. The number of benzene rings is 1. The number of aryl methyl sites for hydroxylation is 1. The first-order valence-corrected chi connectivity index (χ1v) is 14.7. The summed E-state index contributed by atoms with van der Waals surface area (Å²) in [6.45, 7) is 4.50. The third-order valence-corrected chi connectivity index (χ3v) is 8.42. The fraction of sp³-hybridized carbons (Fsp3) is 0.375. The van der Waals surface area contributed by atoms with Crippen LogP contribution in [0, 0.1) is 6.92 Å². The molecule has 2 fully saturated rings. The van der Waals surface area contributed by atoms with E-state index >= 15 is 0 Å². The van der Waals surface area contributed by atoms with Crippen LogP contribution in [0.25, 0.3) is 33.3 Å². The fourth-order valence-electron chi connectivity index (χ4n) is 6.22. The van der Waals surface area contributed by atoms with Crippen LogP contribution < -0.4 is 15.6 Å². The predicted octanol–water partition coefficient (Wildman–Crippen LogP) is 5.50. The Kier molecular flexibility index (Phi) is 6.89. The van der Waals surface area contributed by atoms with Crippen molar-refractivity contribution in [3.8, 4) is 11.1 Å². The number of ether oxygens (including phenoxy) is 1. The number of aromatic nitrogens is 3. The van der Waals surface area contributed by atoms with Gasteiger partial charge in [-0.25, -0.2) is 4.98 Å². The van der Waals surface area contributed by atoms with Crippen LogP contribution in [0.15, 0.2) is 56.4 Å². The number of carbonyl (C=O) groups excluding carboxylic acids is 1. The highest BCUT2D eigenvalue weighted by Gasteiger charge is 2.27. The van der Waals surface area contributed by atoms with Gasteiger partial charge in [-0.3, -0.25) is 9.59 Å². The Morgan fingerprint density at radius 2 is 1.84 bits per heavy atom. The molecule has 5 aromatic rings. The lowest BCUT2D eigenvalue weighted by molar-refractivity contribution is 0.0815. The van der Waals surface area contributed by atoms with Crippen molar-refractivity contribution in [2.45, 2.75) is 38.6 Å². The summed E-state index contributed by atoms with van der Waals surface area (Å²) in [5.74, 6) is 0.936. The highest BCUT2D eigenvalue weighted by atomic mass is 16.5. The van der Waals surface area contributed by atoms with Gasteiger partial charge in [-0.15, -0.1) is 0 Å². The number of anilines is 3. The molecule has 0 spiro atoms. The lowest BCUT2D eigenvalue weighted by Crippen LogP contribution is -2.36. The van der Waals surface area contributed by atoms with E-state index in [9.17, 15) is 9.59 Å². The van der Waals surface area contributed by atoms with Crippen LogP contribution in [0.5, 0.6) is 0 Å². The number of nitrogens with zero attached hydrogens (tertiary/aromatic N) is 5. The SMILES string of the molecule is Cc1cc(Nc2ncc3cc(C(=O)N(C)C)n(C4CCCC4)c3n2)ccc1-c1coc2c(=O)cc(N3CCOCC3)oc12.